The van der Waals surface area contributed by atoms with Crippen molar-refractivity contribution in [3.63, 3.8) is 0 Å². The molecule has 0 bridgehead atoms. The number of nitrogens with one attached hydrogen (secondary N) is 1. The third kappa shape index (κ3) is 2.74. The number of para-hydroxylation sites is 1. The number of hydrogen-bond acceptors (Lipinski definition) is 2. The fourth-order valence-electron chi connectivity index (χ4n) is 3.08. The number of pyridine rings is 1. The second-order valence-electron chi connectivity index (χ2n) is 6.30. The topological polar surface area (TPSA) is 20.6 Å². The van der Waals surface area contributed by atoms with E-state index in [2.05, 4.69) is 81.2 Å². The number of aromatic nitrogens is 1. The highest BCUT2D eigenvalue weighted by Crippen LogP contribution is 2.37. The van der Waals surface area contributed by atoms with Crippen molar-refractivity contribution in [2.45, 2.75) is 39.8 Å². The summed E-state index contributed by atoms with van der Waals surface area (Å²) in [7, 11) is 2.22. The number of halogens is 1. The molecule has 2 aromatic rings. The Morgan fingerprint density at radius 1 is 1.18 bits per heavy atom. The van der Waals surface area contributed by atoms with E-state index in [0.29, 0.717) is 12.1 Å². The molecule has 1 aliphatic heterocycles. The first-order valence-corrected chi connectivity index (χ1v) is 7.69. The summed E-state index contributed by atoms with van der Waals surface area (Å²) in [5.41, 5.74) is 6.36. The van der Waals surface area contributed by atoms with Gasteiger partial charge in [-0.1, -0.05) is 32.0 Å². The maximum atomic E-state index is 4.64. The Kier molecular flexibility index (Phi) is 5.12. The molecule has 2 atom stereocenters. The van der Waals surface area contributed by atoms with E-state index in [9.17, 15) is 0 Å². The minimum absolute atomic E-state index is 0. The minimum Gasteiger partial charge on any atom is -1.00 e. The van der Waals surface area contributed by atoms with Gasteiger partial charge in [-0.3, -0.25) is 14.8 Å². The molecule has 1 aliphatic rings. The second kappa shape index (κ2) is 6.54. The van der Waals surface area contributed by atoms with Crippen LogP contribution in [0.25, 0.3) is 0 Å². The molecule has 1 N–H and O–H groups in total. The highest BCUT2D eigenvalue weighted by Gasteiger charge is 2.37. The van der Waals surface area contributed by atoms with Gasteiger partial charge in [0, 0.05) is 18.3 Å². The monoisotopic (exact) mass is 409 g/mol. The molecule has 118 valence electrons. The van der Waals surface area contributed by atoms with Crippen molar-refractivity contribution in [3.8, 4) is 0 Å². The van der Waals surface area contributed by atoms with E-state index < -0.39 is 0 Å². The molecule has 0 aliphatic carbocycles. The summed E-state index contributed by atoms with van der Waals surface area (Å²) in [4.78, 5) is 8.49. The largest absolute Gasteiger partial charge is 1.00 e. The molecule has 4 heteroatoms. The maximum Gasteiger partial charge on any atom is 0.175 e. The van der Waals surface area contributed by atoms with Gasteiger partial charge in [0.1, 0.15) is 5.69 Å². The van der Waals surface area contributed by atoms with Crippen molar-refractivity contribution >= 4 is 17.1 Å². The lowest BCUT2D eigenvalue weighted by Gasteiger charge is -2.25. The Morgan fingerprint density at radius 2 is 1.86 bits per heavy atom. The van der Waals surface area contributed by atoms with Crippen molar-refractivity contribution in [1.29, 1.82) is 0 Å². The van der Waals surface area contributed by atoms with Crippen molar-refractivity contribution in [1.82, 2.24) is 4.98 Å². The Bertz CT molecular complexity index is 669. The van der Waals surface area contributed by atoms with E-state index in [1.54, 1.807) is 0 Å². The van der Waals surface area contributed by atoms with Crippen LogP contribution in [-0.4, -0.2) is 18.2 Å². The number of benzene rings is 1. The molecule has 3 nitrogen and oxygen atoms in total. The fourth-order valence-corrected chi connectivity index (χ4v) is 3.08. The van der Waals surface area contributed by atoms with Crippen LogP contribution in [0.15, 0.2) is 36.5 Å². The van der Waals surface area contributed by atoms with Crippen molar-refractivity contribution in [2.75, 3.05) is 11.9 Å². The Balaban J connectivity index is 0.00000176. The van der Waals surface area contributed by atoms with Gasteiger partial charge in [-0.05, 0) is 30.5 Å². The normalized spacial score (nSPS) is 20.0. The molecule has 0 spiro atoms. The van der Waals surface area contributed by atoms with Crippen LogP contribution in [-0.2, 0) is 0 Å². The Labute approximate surface area is 150 Å². The third-order valence-corrected chi connectivity index (χ3v) is 4.57. The first-order valence-electron chi connectivity index (χ1n) is 7.69. The molecule has 0 saturated heterocycles. The van der Waals surface area contributed by atoms with Gasteiger partial charge in [-0.2, -0.15) is 0 Å². The zero-order chi connectivity index (χ0) is 15.1. The summed E-state index contributed by atoms with van der Waals surface area (Å²) in [5, 5.41) is 0. The van der Waals surface area contributed by atoms with Crippen LogP contribution in [0.1, 0.15) is 37.9 Å². The number of rotatable bonds is 2. The third-order valence-electron chi connectivity index (χ3n) is 4.57. The van der Waals surface area contributed by atoms with E-state index in [1.807, 2.05) is 0 Å². The molecular weight excluding hydrogens is 385 g/mol. The van der Waals surface area contributed by atoms with E-state index in [4.69, 9.17) is 0 Å². The summed E-state index contributed by atoms with van der Waals surface area (Å²) in [6.45, 7) is 8.85. The highest BCUT2D eigenvalue weighted by molar-refractivity contribution is 5.76. The van der Waals surface area contributed by atoms with Crippen LogP contribution in [0, 0.1) is 6.92 Å². The lowest BCUT2D eigenvalue weighted by molar-refractivity contribution is -0.828. The minimum atomic E-state index is 0. The van der Waals surface area contributed by atoms with Gasteiger partial charge in [0.15, 0.2) is 11.9 Å². The standard InChI is InChI=1S/C18H23N3.HI/c1-12(2)15-10-17-18(11-19-15)20(5)14(4)21(17)16-9-7-6-8-13(16)3;/h6-12,14H,1-5H3;1H/t14-;/m0./s1. The van der Waals surface area contributed by atoms with Gasteiger partial charge in [0.2, 0.25) is 0 Å². The van der Waals surface area contributed by atoms with Crippen LogP contribution in [0.5, 0.6) is 0 Å². The molecule has 1 aromatic heterocycles. The molecule has 1 aromatic carbocycles. The highest BCUT2D eigenvalue weighted by atomic mass is 127. The van der Waals surface area contributed by atoms with E-state index in [1.165, 1.54) is 27.5 Å². The first-order chi connectivity index (χ1) is 10.0. The van der Waals surface area contributed by atoms with E-state index in [0.717, 1.165) is 5.69 Å². The molecule has 1 unspecified atom stereocenters. The Hall–Kier alpha value is -1.14. The Morgan fingerprint density at radius 3 is 2.50 bits per heavy atom. The lowest BCUT2D eigenvalue weighted by Crippen LogP contribution is -3.07. The molecule has 0 saturated carbocycles. The van der Waals surface area contributed by atoms with Crippen LogP contribution in [0.3, 0.4) is 0 Å². The lowest BCUT2D eigenvalue weighted by atomic mass is 10.1. The molecule has 0 radical (unpaired) electrons. The van der Waals surface area contributed by atoms with Gasteiger partial charge >= 0.3 is 0 Å². The summed E-state index contributed by atoms with van der Waals surface area (Å²) in [6, 6.07) is 10.9. The second-order valence-corrected chi connectivity index (χ2v) is 6.30. The number of nitrogens with zero attached hydrogens (tertiary/aromatic N) is 2. The van der Waals surface area contributed by atoms with Gasteiger partial charge in [0.25, 0.3) is 0 Å². The average Bonchev–Trinajstić information content (AvgIpc) is 2.71. The van der Waals surface area contributed by atoms with Gasteiger partial charge in [0.05, 0.1) is 13.2 Å². The zero-order valence-electron chi connectivity index (χ0n) is 13.9. The van der Waals surface area contributed by atoms with Crippen molar-refractivity contribution in [2.24, 2.45) is 0 Å². The predicted molar refractivity (Wildman–Crippen MR) is 87.7 cm³/mol. The summed E-state index contributed by atoms with van der Waals surface area (Å²) >= 11 is 0. The quantitative estimate of drug-likeness (QED) is 0.714. The smallest absolute Gasteiger partial charge is 0.175 e. The van der Waals surface area contributed by atoms with Crippen LogP contribution < -0.4 is 33.8 Å². The summed E-state index contributed by atoms with van der Waals surface area (Å²) in [6.07, 6.45) is 2.43. The summed E-state index contributed by atoms with van der Waals surface area (Å²) in [5.74, 6) is 0.449. The van der Waals surface area contributed by atoms with Crippen molar-refractivity contribution < 1.29 is 28.9 Å². The SMILES string of the molecule is Cc1ccccc1N1c2cc(C(C)C)ncc2[NH+](C)[C@@H]1C.[I-]. The number of aryl methyl sites for hydroxylation is 1. The predicted octanol–water partition coefficient (Wildman–Crippen LogP) is 0.161. The number of fused-ring (bicyclic) bond motifs is 1. The number of anilines is 2. The average molecular weight is 409 g/mol. The van der Waals surface area contributed by atoms with E-state index >= 15 is 0 Å². The van der Waals surface area contributed by atoms with Gasteiger partial charge in [-0.15, -0.1) is 0 Å². The van der Waals surface area contributed by atoms with Gasteiger partial charge in [-0.25, -0.2) is 0 Å². The summed E-state index contributed by atoms with van der Waals surface area (Å²) < 4.78 is 0. The molecule has 2 heterocycles. The van der Waals surface area contributed by atoms with Crippen LogP contribution in [0.4, 0.5) is 17.1 Å². The molecule has 0 fully saturated rings. The van der Waals surface area contributed by atoms with Crippen LogP contribution >= 0.6 is 0 Å². The molecule has 22 heavy (non-hydrogen) atoms. The number of hydrogen-bond donors (Lipinski definition) is 1. The first kappa shape index (κ1) is 17.2. The maximum absolute atomic E-state index is 4.64. The zero-order valence-corrected chi connectivity index (χ0v) is 16.0. The van der Waals surface area contributed by atoms with Gasteiger partial charge < -0.3 is 24.0 Å². The molecular formula is C18H24IN3. The fraction of sp³-hybridized carbons (Fsp3) is 0.389. The van der Waals surface area contributed by atoms with Crippen molar-refractivity contribution in [3.05, 3.63) is 47.8 Å². The van der Waals surface area contributed by atoms with Crippen LogP contribution in [0.2, 0.25) is 0 Å². The molecule has 3 rings (SSSR count). The molecule has 0 amide bonds. The number of quaternary nitrogens is 1. The van der Waals surface area contributed by atoms with E-state index in [-0.39, 0.29) is 24.0 Å².